The highest BCUT2D eigenvalue weighted by Gasteiger charge is 2.20. The Morgan fingerprint density at radius 2 is 1.08 bits per heavy atom. The molecule has 0 saturated heterocycles. The van der Waals surface area contributed by atoms with Gasteiger partial charge in [0.15, 0.2) is 0 Å². The average molecular weight is 320 g/mol. The van der Waals surface area contributed by atoms with E-state index in [4.69, 9.17) is 0 Å². The van der Waals surface area contributed by atoms with Gasteiger partial charge in [-0.25, -0.2) is 0 Å². The highest BCUT2D eigenvalue weighted by atomic mass is 14.2. The van der Waals surface area contributed by atoms with Gasteiger partial charge in [-0.2, -0.15) is 0 Å². The standard InChI is InChI=1S/C25H20/c1-15-5-7-19-13-24-17(3)25-14-21-9-16(2)4-6-18(21)10-22(25)12-23(24)11-20(19)8-15/h4-11,13-14H,3,12H2,1-2H3. The van der Waals surface area contributed by atoms with Crippen LogP contribution in [-0.2, 0) is 6.42 Å². The summed E-state index contributed by atoms with van der Waals surface area (Å²) in [5, 5.41) is 5.24. The summed E-state index contributed by atoms with van der Waals surface area (Å²) in [6, 6.07) is 22.7. The first-order valence-electron chi connectivity index (χ1n) is 8.85. The maximum Gasteiger partial charge on any atom is -0.00130 e. The van der Waals surface area contributed by atoms with Gasteiger partial charge >= 0.3 is 0 Å². The molecule has 0 heterocycles. The van der Waals surface area contributed by atoms with Crippen molar-refractivity contribution < 1.29 is 0 Å². The summed E-state index contributed by atoms with van der Waals surface area (Å²) in [4.78, 5) is 0. The fourth-order valence-corrected chi connectivity index (χ4v) is 4.13. The Balaban J connectivity index is 1.75. The summed E-state index contributed by atoms with van der Waals surface area (Å²) in [7, 11) is 0. The predicted molar refractivity (Wildman–Crippen MR) is 108 cm³/mol. The van der Waals surface area contributed by atoms with Crippen molar-refractivity contribution in [3.05, 3.63) is 101 Å². The van der Waals surface area contributed by atoms with E-state index in [1.807, 2.05) is 0 Å². The summed E-state index contributed by atoms with van der Waals surface area (Å²) < 4.78 is 0. The SMILES string of the molecule is C=C1c2cc3ccc(C)cc3cc2Cc2cc3ccc(C)cc3cc21. The molecule has 0 bridgehead atoms. The zero-order chi connectivity index (χ0) is 17.1. The number of hydrogen-bond donors (Lipinski definition) is 0. The van der Waals surface area contributed by atoms with Crippen LogP contribution in [0.1, 0.15) is 33.4 Å². The summed E-state index contributed by atoms with van der Waals surface area (Å²) >= 11 is 0. The summed E-state index contributed by atoms with van der Waals surface area (Å²) in [6.07, 6.45) is 0.984. The maximum atomic E-state index is 4.45. The molecule has 0 heteroatoms. The molecule has 1 aliphatic rings. The van der Waals surface area contributed by atoms with E-state index < -0.39 is 0 Å². The van der Waals surface area contributed by atoms with Crippen LogP contribution in [0.5, 0.6) is 0 Å². The van der Waals surface area contributed by atoms with Crippen molar-refractivity contribution in [1.82, 2.24) is 0 Å². The molecule has 25 heavy (non-hydrogen) atoms. The van der Waals surface area contributed by atoms with Gasteiger partial charge in [-0.3, -0.25) is 0 Å². The second-order valence-corrected chi connectivity index (χ2v) is 7.38. The Labute approximate surface area is 148 Å². The van der Waals surface area contributed by atoms with Crippen LogP contribution in [0.3, 0.4) is 0 Å². The van der Waals surface area contributed by atoms with E-state index in [1.165, 1.54) is 54.9 Å². The largest absolute Gasteiger partial charge is 0.0905 e. The monoisotopic (exact) mass is 320 g/mol. The molecule has 0 amide bonds. The van der Waals surface area contributed by atoms with E-state index in [2.05, 4.69) is 81.1 Å². The van der Waals surface area contributed by atoms with Gasteiger partial charge in [0.05, 0.1) is 0 Å². The molecular weight excluding hydrogens is 300 g/mol. The molecule has 5 rings (SSSR count). The summed E-state index contributed by atoms with van der Waals surface area (Å²) in [6.45, 7) is 8.75. The fraction of sp³-hybridized carbons (Fsp3) is 0.120. The van der Waals surface area contributed by atoms with Crippen LogP contribution < -0.4 is 0 Å². The Bertz CT molecular complexity index is 1190. The van der Waals surface area contributed by atoms with Crippen LogP contribution in [0.2, 0.25) is 0 Å². The van der Waals surface area contributed by atoms with Gasteiger partial charge in [0.25, 0.3) is 0 Å². The number of rotatable bonds is 0. The molecule has 0 radical (unpaired) electrons. The van der Waals surface area contributed by atoms with E-state index in [0.29, 0.717) is 0 Å². The maximum absolute atomic E-state index is 4.45. The lowest BCUT2D eigenvalue weighted by atomic mass is 9.80. The van der Waals surface area contributed by atoms with Crippen LogP contribution in [0.25, 0.3) is 27.1 Å². The Hall–Kier alpha value is -2.86. The van der Waals surface area contributed by atoms with E-state index in [0.717, 1.165) is 12.0 Å². The van der Waals surface area contributed by atoms with Crippen molar-refractivity contribution in [2.75, 3.05) is 0 Å². The summed E-state index contributed by atoms with van der Waals surface area (Å²) in [5.41, 5.74) is 9.15. The molecule has 1 aliphatic carbocycles. The van der Waals surface area contributed by atoms with Crippen molar-refractivity contribution >= 4 is 27.1 Å². The van der Waals surface area contributed by atoms with Crippen LogP contribution >= 0.6 is 0 Å². The van der Waals surface area contributed by atoms with Gasteiger partial charge in [0.2, 0.25) is 0 Å². The van der Waals surface area contributed by atoms with Crippen LogP contribution in [0, 0.1) is 13.8 Å². The lowest BCUT2D eigenvalue weighted by Gasteiger charge is -2.23. The van der Waals surface area contributed by atoms with Crippen molar-refractivity contribution in [2.45, 2.75) is 20.3 Å². The molecule has 0 unspecified atom stereocenters. The van der Waals surface area contributed by atoms with Crippen molar-refractivity contribution in [1.29, 1.82) is 0 Å². The minimum absolute atomic E-state index is 0.984. The second kappa shape index (κ2) is 5.07. The van der Waals surface area contributed by atoms with E-state index in [9.17, 15) is 0 Å². The third-order valence-corrected chi connectivity index (χ3v) is 5.47. The second-order valence-electron chi connectivity index (χ2n) is 7.38. The minimum atomic E-state index is 0.984. The molecule has 0 N–H and O–H groups in total. The highest BCUT2D eigenvalue weighted by molar-refractivity contribution is 5.96. The molecule has 0 saturated carbocycles. The molecule has 4 aromatic carbocycles. The quantitative estimate of drug-likeness (QED) is 0.302. The van der Waals surface area contributed by atoms with Crippen molar-refractivity contribution in [2.24, 2.45) is 0 Å². The Kier molecular flexibility index (Phi) is 2.93. The Morgan fingerprint density at radius 1 is 0.600 bits per heavy atom. The first-order valence-corrected chi connectivity index (χ1v) is 8.85. The minimum Gasteiger partial charge on any atom is -0.0905 e. The summed E-state index contributed by atoms with van der Waals surface area (Å²) in [5.74, 6) is 0. The molecule has 0 atom stereocenters. The molecular formula is C25H20. The van der Waals surface area contributed by atoms with Crippen molar-refractivity contribution in [3.8, 4) is 0 Å². The van der Waals surface area contributed by atoms with Crippen LogP contribution in [-0.4, -0.2) is 0 Å². The normalized spacial score (nSPS) is 13.1. The predicted octanol–water partition coefficient (Wildman–Crippen LogP) is 6.58. The number of aryl methyl sites for hydroxylation is 2. The first-order chi connectivity index (χ1) is 12.1. The fourth-order valence-electron chi connectivity index (χ4n) is 4.13. The third-order valence-electron chi connectivity index (χ3n) is 5.47. The zero-order valence-corrected chi connectivity index (χ0v) is 14.7. The van der Waals surface area contributed by atoms with Gasteiger partial charge in [-0.1, -0.05) is 66.2 Å². The number of benzene rings is 4. The molecule has 0 fully saturated rings. The molecule has 0 aliphatic heterocycles. The van der Waals surface area contributed by atoms with E-state index in [1.54, 1.807) is 0 Å². The molecule has 0 nitrogen and oxygen atoms in total. The van der Waals surface area contributed by atoms with Gasteiger partial charge in [-0.15, -0.1) is 0 Å². The van der Waals surface area contributed by atoms with Gasteiger partial charge < -0.3 is 0 Å². The van der Waals surface area contributed by atoms with Crippen LogP contribution in [0.4, 0.5) is 0 Å². The highest BCUT2D eigenvalue weighted by Crippen LogP contribution is 2.39. The molecule has 4 aromatic rings. The van der Waals surface area contributed by atoms with Crippen molar-refractivity contribution in [3.63, 3.8) is 0 Å². The van der Waals surface area contributed by atoms with E-state index >= 15 is 0 Å². The number of fused-ring (bicyclic) bond motifs is 4. The lowest BCUT2D eigenvalue weighted by Crippen LogP contribution is -2.06. The Morgan fingerprint density at radius 3 is 1.72 bits per heavy atom. The third kappa shape index (κ3) is 2.21. The average Bonchev–Trinajstić information content (AvgIpc) is 2.59. The molecule has 0 spiro atoms. The van der Waals surface area contributed by atoms with Crippen LogP contribution in [0.15, 0.2) is 67.2 Å². The smallest absolute Gasteiger partial charge is 0.00130 e. The van der Waals surface area contributed by atoms with E-state index in [-0.39, 0.29) is 0 Å². The van der Waals surface area contributed by atoms with Gasteiger partial charge in [-0.05, 0) is 81.8 Å². The molecule has 0 aromatic heterocycles. The lowest BCUT2D eigenvalue weighted by molar-refractivity contribution is 1.15. The number of hydrogen-bond acceptors (Lipinski definition) is 0. The van der Waals surface area contributed by atoms with Gasteiger partial charge in [0.1, 0.15) is 0 Å². The first kappa shape index (κ1) is 14.5. The van der Waals surface area contributed by atoms with Gasteiger partial charge in [0, 0.05) is 0 Å². The molecule has 120 valence electrons. The zero-order valence-electron chi connectivity index (χ0n) is 14.7. The topological polar surface area (TPSA) is 0 Å².